The van der Waals surface area contributed by atoms with Gasteiger partial charge in [0.2, 0.25) is 0 Å². The number of carboxylic acids is 1. The van der Waals surface area contributed by atoms with Gasteiger partial charge in [0.25, 0.3) is 0 Å². The Kier molecular flexibility index (Phi) is 2.86. The number of aromatic carboxylic acids is 1. The number of hydrogen-bond donors (Lipinski definition) is 1. The van der Waals surface area contributed by atoms with Gasteiger partial charge in [-0.2, -0.15) is 0 Å². The van der Waals surface area contributed by atoms with Crippen molar-refractivity contribution in [3.05, 3.63) is 35.4 Å². The van der Waals surface area contributed by atoms with Gasteiger partial charge in [-0.3, -0.25) is 0 Å². The van der Waals surface area contributed by atoms with Crippen molar-refractivity contribution in [2.24, 2.45) is 5.92 Å². The summed E-state index contributed by atoms with van der Waals surface area (Å²) in [5, 5.41) is 8.94. The summed E-state index contributed by atoms with van der Waals surface area (Å²) in [4.78, 5) is 10.9. The molecular formula is C15H18O3. The summed E-state index contributed by atoms with van der Waals surface area (Å²) in [7, 11) is 0. The first-order valence-corrected chi connectivity index (χ1v) is 6.64. The van der Waals surface area contributed by atoms with Gasteiger partial charge in [-0.1, -0.05) is 25.0 Å². The maximum atomic E-state index is 10.9. The second-order valence-corrected chi connectivity index (χ2v) is 5.51. The minimum absolute atomic E-state index is 0.160. The maximum Gasteiger partial charge on any atom is 0.335 e. The van der Waals surface area contributed by atoms with E-state index in [2.05, 4.69) is 0 Å². The molecule has 1 N–H and O–H groups in total. The van der Waals surface area contributed by atoms with Crippen LogP contribution in [-0.4, -0.2) is 24.3 Å². The Morgan fingerprint density at radius 1 is 1.17 bits per heavy atom. The second kappa shape index (κ2) is 4.39. The van der Waals surface area contributed by atoms with Crippen LogP contribution < -0.4 is 0 Å². The molecule has 0 radical (unpaired) electrons. The maximum absolute atomic E-state index is 10.9. The topological polar surface area (TPSA) is 46.5 Å². The van der Waals surface area contributed by atoms with E-state index in [-0.39, 0.29) is 5.41 Å². The fourth-order valence-electron chi connectivity index (χ4n) is 3.38. The van der Waals surface area contributed by atoms with Gasteiger partial charge in [0, 0.05) is 5.41 Å². The largest absolute Gasteiger partial charge is 0.478 e. The predicted molar refractivity (Wildman–Crippen MR) is 67.9 cm³/mol. The number of benzene rings is 1. The molecule has 1 aromatic carbocycles. The van der Waals surface area contributed by atoms with E-state index in [0.717, 1.165) is 13.2 Å². The number of ether oxygens (including phenoxy) is 1. The molecule has 0 aromatic heterocycles. The van der Waals surface area contributed by atoms with Gasteiger partial charge in [-0.15, -0.1) is 0 Å². The number of hydrogen-bond acceptors (Lipinski definition) is 2. The van der Waals surface area contributed by atoms with Crippen LogP contribution in [0.25, 0.3) is 0 Å². The molecule has 1 aliphatic heterocycles. The summed E-state index contributed by atoms with van der Waals surface area (Å²) in [6, 6.07) is 7.38. The van der Waals surface area contributed by atoms with Gasteiger partial charge in [0.15, 0.2) is 0 Å². The predicted octanol–water partition coefficient (Wildman–Crippen LogP) is 2.84. The van der Waals surface area contributed by atoms with Gasteiger partial charge in [-0.05, 0) is 36.5 Å². The zero-order valence-corrected chi connectivity index (χ0v) is 10.4. The van der Waals surface area contributed by atoms with Gasteiger partial charge in [0.1, 0.15) is 0 Å². The van der Waals surface area contributed by atoms with Crippen molar-refractivity contribution in [1.82, 2.24) is 0 Å². The highest BCUT2D eigenvalue weighted by molar-refractivity contribution is 5.87. The number of carboxylic acid groups (broad SMARTS) is 1. The lowest BCUT2D eigenvalue weighted by Gasteiger charge is -2.46. The van der Waals surface area contributed by atoms with Crippen molar-refractivity contribution in [1.29, 1.82) is 0 Å². The monoisotopic (exact) mass is 246 g/mol. The molecule has 1 saturated carbocycles. The molecule has 1 heterocycles. The molecule has 0 unspecified atom stereocenters. The van der Waals surface area contributed by atoms with Crippen molar-refractivity contribution in [2.45, 2.75) is 31.1 Å². The molecule has 0 atom stereocenters. The molecule has 0 amide bonds. The van der Waals surface area contributed by atoms with E-state index >= 15 is 0 Å². The van der Waals surface area contributed by atoms with Gasteiger partial charge in [-0.25, -0.2) is 4.79 Å². The van der Waals surface area contributed by atoms with Crippen LogP contribution in [0.2, 0.25) is 0 Å². The first-order valence-electron chi connectivity index (χ1n) is 6.64. The standard InChI is InChI=1S/C15H18O3/c16-14(17)11-5-7-13(8-6-11)15(9-18-10-15)12-3-1-2-4-12/h5-8,12H,1-4,9-10H2,(H,16,17). The van der Waals surface area contributed by atoms with Gasteiger partial charge >= 0.3 is 5.97 Å². The lowest BCUT2D eigenvalue weighted by atomic mass is 9.68. The SMILES string of the molecule is O=C(O)c1ccc(C2(C3CCCC3)COC2)cc1. The molecule has 0 spiro atoms. The molecule has 3 rings (SSSR count). The third-order valence-electron chi connectivity index (χ3n) is 4.56. The van der Waals surface area contributed by atoms with Crippen LogP contribution in [0, 0.1) is 5.92 Å². The van der Waals surface area contributed by atoms with E-state index in [1.807, 2.05) is 12.1 Å². The molecule has 2 fully saturated rings. The number of carbonyl (C=O) groups is 1. The van der Waals surface area contributed by atoms with Crippen molar-refractivity contribution in [3.8, 4) is 0 Å². The van der Waals surface area contributed by atoms with E-state index < -0.39 is 5.97 Å². The van der Waals surface area contributed by atoms with Crippen LogP contribution in [0.5, 0.6) is 0 Å². The lowest BCUT2D eigenvalue weighted by Crippen LogP contribution is -2.51. The molecule has 96 valence electrons. The Balaban J connectivity index is 1.89. The van der Waals surface area contributed by atoms with Gasteiger partial charge < -0.3 is 9.84 Å². The fourth-order valence-corrected chi connectivity index (χ4v) is 3.38. The van der Waals surface area contributed by atoms with Crippen LogP contribution in [0.15, 0.2) is 24.3 Å². The molecule has 3 heteroatoms. The van der Waals surface area contributed by atoms with E-state index in [1.165, 1.54) is 31.2 Å². The first kappa shape index (κ1) is 11.7. The summed E-state index contributed by atoms with van der Waals surface area (Å²) in [5.74, 6) is -0.150. The summed E-state index contributed by atoms with van der Waals surface area (Å²) in [6.45, 7) is 1.59. The lowest BCUT2D eigenvalue weighted by molar-refractivity contribution is -0.0896. The summed E-state index contributed by atoms with van der Waals surface area (Å²) >= 11 is 0. The van der Waals surface area contributed by atoms with E-state index in [0.29, 0.717) is 11.5 Å². The van der Waals surface area contributed by atoms with Crippen LogP contribution in [0.1, 0.15) is 41.6 Å². The molecule has 1 aliphatic carbocycles. The van der Waals surface area contributed by atoms with Gasteiger partial charge in [0.05, 0.1) is 18.8 Å². The smallest absolute Gasteiger partial charge is 0.335 e. The fraction of sp³-hybridized carbons (Fsp3) is 0.533. The summed E-state index contributed by atoms with van der Waals surface area (Å²) in [6.07, 6.45) is 5.20. The Hall–Kier alpha value is -1.35. The molecule has 1 saturated heterocycles. The second-order valence-electron chi connectivity index (χ2n) is 5.51. The van der Waals surface area contributed by atoms with Crippen LogP contribution in [0.4, 0.5) is 0 Å². The van der Waals surface area contributed by atoms with E-state index in [4.69, 9.17) is 9.84 Å². The average Bonchev–Trinajstić information content (AvgIpc) is 2.82. The van der Waals surface area contributed by atoms with E-state index in [9.17, 15) is 4.79 Å². The third-order valence-corrected chi connectivity index (χ3v) is 4.56. The first-order chi connectivity index (χ1) is 8.72. The van der Waals surface area contributed by atoms with Crippen LogP contribution in [-0.2, 0) is 10.2 Å². The van der Waals surface area contributed by atoms with E-state index in [1.54, 1.807) is 12.1 Å². The van der Waals surface area contributed by atoms with Crippen LogP contribution >= 0.6 is 0 Å². The summed E-state index contributed by atoms with van der Waals surface area (Å²) in [5.41, 5.74) is 1.78. The molecule has 3 nitrogen and oxygen atoms in total. The normalized spacial score (nSPS) is 22.7. The van der Waals surface area contributed by atoms with Crippen molar-refractivity contribution in [2.75, 3.05) is 13.2 Å². The average molecular weight is 246 g/mol. The molecule has 0 bridgehead atoms. The summed E-state index contributed by atoms with van der Waals surface area (Å²) < 4.78 is 5.47. The minimum atomic E-state index is -0.860. The molecular weight excluding hydrogens is 228 g/mol. The Morgan fingerprint density at radius 3 is 2.22 bits per heavy atom. The molecule has 2 aliphatic rings. The zero-order valence-electron chi connectivity index (χ0n) is 10.4. The highest BCUT2D eigenvalue weighted by Crippen LogP contribution is 2.46. The Labute approximate surface area is 107 Å². The highest BCUT2D eigenvalue weighted by atomic mass is 16.5. The molecule has 1 aromatic rings. The minimum Gasteiger partial charge on any atom is -0.478 e. The Morgan fingerprint density at radius 2 is 1.78 bits per heavy atom. The van der Waals surface area contributed by atoms with Crippen molar-refractivity contribution >= 4 is 5.97 Å². The quantitative estimate of drug-likeness (QED) is 0.892. The Bertz CT molecular complexity index is 439. The van der Waals surface area contributed by atoms with Crippen molar-refractivity contribution < 1.29 is 14.6 Å². The zero-order chi connectivity index (χ0) is 12.6. The van der Waals surface area contributed by atoms with Crippen LogP contribution in [0.3, 0.4) is 0 Å². The third kappa shape index (κ3) is 1.74. The molecule has 18 heavy (non-hydrogen) atoms. The van der Waals surface area contributed by atoms with Crippen molar-refractivity contribution in [3.63, 3.8) is 0 Å². The highest BCUT2D eigenvalue weighted by Gasteiger charge is 2.47. The number of rotatable bonds is 3.